The second-order valence-electron chi connectivity index (χ2n) is 3.55. The molecule has 4 nitrogen and oxygen atoms in total. The molecule has 18 heavy (non-hydrogen) atoms. The number of nitrogens with one attached hydrogen (secondary N) is 1. The van der Waals surface area contributed by atoms with Gasteiger partial charge in [0.25, 0.3) is 0 Å². The van der Waals surface area contributed by atoms with Crippen molar-refractivity contribution in [2.75, 3.05) is 5.43 Å². The molecule has 0 saturated carbocycles. The first-order valence-corrected chi connectivity index (χ1v) is 5.57. The molecule has 0 spiro atoms. The number of hydrazone groups is 1. The van der Waals surface area contributed by atoms with E-state index in [2.05, 4.69) is 20.5 Å². The Hall–Kier alpha value is -2.01. The van der Waals surface area contributed by atoms with Crippen molar-refractivity contribution in [1.29, 1.82) is 0 Å². The van der Waals surface area contributed by atoms with Gasteiger partial charge in [-0.05, 0) is 24.6 Å². The molecule has 2 rings (SSSR count). The number of hydrogen-bond acceptors (Lipinski definition) is 4. The standard InChI is InChI=1S/C12H10ClFN4/c1-8-16-11(13)6-12(17-8)18-15-7-9-3-2-4-10(14)5-9/h2-7H,1H3,(H,16,17,18). The topological polar surface area (TPSA) is 50.2 Å². The Morgan fingerprint density at radius 2 is 2.17 bits per heavy atom. The normalized spacial score (nSPS) is 10.8. The fourth-order valence-electron chi connectivity index (χ4n) is 1.35. The van der Waals surface area contributed by atoms with Crippen molar-refractivity contribution < 1.29 is 4.39 Å². The number of aromatic nitrogens is 2. The lowest BCUT2D eigenvalue weighted by molar-refractivity contribution is 0.627. The highest BCUT2D eigenvalue weighted by Crippen LogP contribution is 2.10. The molecular formula is C12H10ClFN4. The minimum Gasteiger partial charge on any atom is -0.261 e. The molecule has 1 aromatic carbocycles. The summed E-state index contributed by atoms with van der Waals surface area (Å²) in [5, 5.41) is 4.28. The number of nitrogens with zero attached hydrogens (tertiary/aromatic N) is 3. The van der Waals surface area contributed by atoms with Crippen LogP contribution in [-0.2, 0) is 0 Å². The second kappa shape index (κ2) is 5.55. The molecule has 0 saturated heterocycles. The summed E-state index contributed by atoms with van der Waals surface area (Å²) in [6, 6.07) is 7.66. The van der Waals surface area contributed by atoms with Gasteiger partial charge in [-0.15, -0.1) is 0 Å². The minimum atomic E-state index is -0.306. The van der Waals surface area contributed by atoms with E-state index in [0.29, 0.717) is 22.4 Å². The first kappa shape index (κ1) is 12.4. The van der Waals surface area contributed by atoms with Crippen LogP contribution in [-0.4, -0.2) is 16.2 Å². The molecule has 6 heteroatoms. The Labute approximate surface area is 109 Å². The Balaban J connectivity index is 2.07. The molecule has 1 heterocycles. The zero-order valence-corrected chi connectivity index (χ0v) is 10.3. The van der Waals surface area contributed by atoms with Gasteiger partial charge in [-0.3, -0.25) is 5.43 Å². The highest BCUT2D eigenvalue weighted by atomic mass is 35.5. The van der Waals surface area contributed by atoms with E-state index in [1.807, 2.05) is 0 Å². The molecular weight excluding hydrogens is 255 g/mol. The van der Waals surface area contributed by atoms with Gasteiger partial charge in [0, 0.05) is 6.07 Å². The van der Waals surface area contributed by atoms with Crippen LogP contribution < -0.4 is 5.43 Å². The molecule has 0 fully saturated rings. The highest BCUT2D eigenvalue weighted by Gasteiger charge is 1.97. The number of aryl methyl sites for hydroxylation is 1. The van der Waals surface area contributed by atoms with Gasteiger partial charge in [0.1, 0.15) is 16.8 Å². The first-order valence-electron chi connectivity index (χ1n) is 5.19. The first-order chi connectivity index (χ1) is 8.63. The largest absolute Gasteiger partial charge is 0.261 e. The van der Waals surface area contributed by atoms with Crippen LogP contribution in [0.2, 0.25) is 5.15 Å². The zero-order chi connectivity index (χ0) is 13.0. The number of halogens is 2. The van der Waals surface area contributed by atoms with Crippen molar-refractivity contribution in [1.82, 2.24) is 9.97 Å². The van der Waals surface area contributed by atoms with E-state index in [-0.39, 0.29) is 5.82 Å². The molecule has 0 aliphatic rings. The Kier molecular flexibility index (Phi) is 3.84. The maximum atomic E-state index is 12.9. The van der Waals surface area contributed by atoms with Crippen molar-refractivity contribution in [2.24, 2.45) is 5.10 Å². The molecule has 1 N–H and O–H groups in total. The molecule has 0 bridgehead atoms. The van der Waals surface area contributed by atoms with E-state index in [9.17, 15) is 4.39 Å². The minimum absolute atomic E-state index is 0.306. The molecule has 0 atom stereocenters. The Morgan fingerprint density at radius 3 is 2.89 bits per heavy atom. The fraction of sp³-hybridized carbons (Fsp3) is 0.0833. The third-order valence-electron chi connectivity index (χ3n) is 2.05. The smallest absolute Gasteiger partial charge is 0.151 e. The summed E-state index contributed by atoms with van der Waals surface area (Å²) in [7, 11) is 0. The number of rotatable bonds is 3. The predicted molar refractivity (Wildman–Crippen MR) is 69.4 cm³/mol. The second-order valence-corrected chi connectivity index (χ2v) is 3.94. The Morgan fingerprint density at radius 1 is 1.33 bits per heavy atom. The maximum Gasteiger partial charge on any atom is 0.151 e. The van der Waals surface area contributed by atoms with E-state index in [1.165, 1.54) is 18.3 Å². The van der Waals surface area contributed by atoms with Crippen LogP contribution in [0.3, 0.4) is 0 Å². The summed E-state index contributed by atoms with van der Waals surface area (Å²) in [5.74, 6) is 0.728. The lowest BCUT2D eigenvalue weighted by atomic mass is 10.2. The van der Waals surface area contributed by atoms with Gasteiger partial charge in [-0.1, -0.05) is 23.7 Å². The van der Waals surface area contributed by atoms with Crippen LogP contribution in [0.1, 0.15) is 11.4 Å². The number of benzene rings is 1. The van der Waals surface area contributed by atoms with Crippen LogP contribution in [0.15, 0.2) is 35.4 Å². The Bertz CT molecular complexity index is 566. The molecule has 0 aliphatic heterocycles. The van der Waals surface area contributed by atoms with Gasteiger partial charge < -0.3 is 0 Å². The molecule has 0 radical (unpaired) electrons. The SMILES string of the molecule is Cc1nc(Cl)cc(NN=Cc2cccc(F)c2)n1. The molecule has 0 unspecified atom stereocenters. The molecule has 0 aliphatic carbocycles. The molecule has 92 valence electrons. The molecule has 0 amide bonds. The van der Waals surface area contributed by atoms with Crippen LogP contribution >= 0.6 is 11.6 Å². The van der Waals surface area contributed by atoms with Crippen molar-refractivity contribution in [3.05, 3.63) is 52.7 Å². The van der Waals surface area contributed by atoms with E-state index >= 15 is 0 Å². The average Bonchev–Trinajstić information content (AvgIpc) is 2.27. The van der Waals surface area contributed by atoms with E-state index in [0.717, 1.165) is 0 Å². The van der Waals surface area contributed by atoms with E-state index in [4.69, 9.17) is 11.6 Å². The third-order valence-corrected chi connectivity index (χ3v) is 2.24. The average molecular weight is 265 g/mol. The van der Waals surface area contributed by atoms with E-state index < -0.39 is 0 Å². The lowest BCUT2D eigenvalue weighted by Gasteiger charge is -2.00. The van der Waals surface area contributed by atoms with Gasteiger partial charge in [0.2, 0.25) is 0 Å². The summed E-state index contributed by atoms with van der Waals surface area (Å²) >= 11 is 5.77. The summed E-state index contributed by atoms with van der Waals surface area (Å²) in [6.45, 7) is 1.73. The predicted octanol–water partition coefficient (Wildman–Crippen LogP) is 3.02. The summed E-state index contributed by atoms with van der Waals surface area (Å²) in [4.78, 5) is 8.01. The van der Waals surface area contributed by atoms with Crippen LogP contribution in [0.4, 0.5) is 10.2 Å². The van der Waals surface area contributed by atoms with Gasteiger partial charge >= 0.3 is 0 Å². The summed E-state index contributed by atoms with van der Waals surface area (Å²) < 4.78 is 12.9. The number of hydrogen-bond donors (Lipinski definition) is 1. The lowest BCUT2D eigenvalue weighted by Crippen LogP contribution is -1.97. The van der Waals surface area contributed by atoms with Crippen molar-refractivity contribution in [3.63, 3.8) is 0 Å². The number of anilines is 1. The summed E-state index contributed by atoms with van der Waals surface area (Å²) in [6.07, 6.45) is 1.49. The van der Waals surface area contributed by atoms with Crippen LogP contribution in [0, 0.1) is 12.7 Å². The highest BCUT2D eigenvalue weighted by molar-refractivity contribution is 6.29. The van der Waals surface area contributed by atoms with Crippen molar-refractivity contribution in [2.45, 2.75) is 6.92 Å². The fourth-order valence-corrected chi connectivity index (χ4v) is 1.57. The summed E-state index contributed by atoms with van der Waals surface area (Å²) in [5.41, 5.74) is 3.36. The quantitative estimate of drug-likeness (QED) is 0.527. The zero-order valence-electron chi connectivity index (χ0n) is 9.56. The van der Waals surface area contributed by atoms with Crippen molar-refractivity contribution >= 4 is 23.6 Å². The molecule has 1 aromatic heterocycles. The third kappa shape index (κ3) is 3.49. The van der Waals surface area contributed by atoms with Crippen LogP contribution in [0.5, 0.6) is 0 Å². The van der Waals surface area contributed by atoms with Gasteiger partial charge in [-0.2, -0.15) is 5.10 Å². The van der Waals surface area contributed by atoms with Gasteiger partial charge in [-0.25, -0.2) is 14.4 Å². The van der Waals surface area contributed by atoms with E-state index in [1.54, 1.807) is 25.1 Å². The van der Waals surface area contributed by atoms with Crippen molar-refractivity contribution in [3.8, 4) is 0 Å². The molecule has 2 aromatic rings. The maximum absolute atomic E-state index is 12.9. The van der Waals surface area contributed by atoms with Gasteiger partial charge in [0.15, 0.2) is 5.82 Å². The monoisotopic (exact) mass is 264 g/mol. The van der Waals surface area contributed by atoms with Crippen LogP contribution in [0.25, 0.3) is 0 Å². The van der Waals surface area contributed by atoms with Gasteiger partial charge in [0.05, 0.1) is 6.21 Å².